The second kappa shape index (κ2) is 5.36. The van der Waals surface area contributed by atoms with Gasteiger partial charge < -0.3 is 5.32 Å². The zero-order valence-corrected chi connectivity index (χ0v) is 8.77. The zero-order valence-electron chi connectivity index (χ0n) is 7.87. The maximum Gasteiger partial charge on any atom is 0.217 e. The highest BCUT2D eigenvalue weighted by molar-refractivity contribution is 7.80. The fraction of sp³-hybridized carbons (Fsp3) is 0.182. The smallest absolute Gasteiger partial charge is 0.217 e. The highest BCUT2D eigenvalue weighted by Gasteiger charge is 1.91. The number of carbonyl (C=O) groups is 1. The van der Waals surface area contributed by atoms with E-state index in [9.17, 15) is 4.79 Å². The molecule has 1 amide bonds. The van der Waals surface area contributed by atoms with Crippen molar-refractivity contribution < 1.29 is 4.79 Å². The van der Waals surface area contributed by atoms with E-state index < -0.39 is 0 Å². The molecule has 2 nitrogen and oxygen atoms in total. The second-order valence-corrected chi connectivity index (χ2v) is 3.21. The van der Waals surface area contributed by atoms with Crippen molar-refractivity contribution in [3.63, 3.8) is 0 Å². The van der Waals surface area contributed by atoms with Gasteiger partial charge in [0.1, 0.15) is 0 Å². The summed E-state index contributed by atoms with van der Waals surface area (Å²) in [5.41, 5.74) is 0.876. The number of carbonyl (C=O) groups excluding carboxylic acids is 1. The minimum Gasteiger partial charge on any atom is -0.345 e. The average Bonchev–Trinajstić information content (AvgIpc) is 2.15. The van der Waals surface area contributed by atoms with E-state index in [1.165, 1.54) is 6.92 Å². The van der Waals surface area contributed by atoms with Gasteiger partial charge in [0, 0.05) is 17.4 Å². The summed E-state index contributed by atoms with van der Waals surface area (Å²) in [7, 11) is 0. The van der Waals surface area contributed by atoms with Crippen LogP contribution in [-0.2, 0) is 4.79 Å². The number of nitrogens with one attached hydrogen (secondary N) is 1. The van der Waals surface area contributed by atoms with Gasteiger partial charge in [-0.3, -0.25) is 4.79 Å². The van der Waals surface area contributed by atoms with Crippen LogP contribution in [0.15, 0.2) is 29.2 Å². The van der Waals surface area contributed by atoms with E-state index >= 15 is 0 Å². The number of rotatable bonds is 1. The second-order valence-electron chi connectivity index (χ2n) is 2.73. The fourth-order valence-corrected chi connectivity index (χ4v) is 1.10. The van der Waals surface area contributed by atoms with E-state index in [-0.39, 0.29) is 5.91 Å². The first-order chi connectivity index (χ1) is 6.70. The van der Waals surface area contributed by atoms with Gasteiger partial charge in [0.2, 0.25) is 5.91 Å². The van der Waals surface area contributed by atoms with Crippen molar-refractivity contribution in [1.82, 2.24) is 5.32 Å². The van der Waals surface area contributed by atoms with Gasteiger partial charge in [0.25, 0.3) is 0 Å². The maximum absolute atomic E-state index is 10.5. The summed E-state index contributed by atoms with van der Waals surface area (Å²) < 4.78 is 0. The van der Waals surface area contributed by atoms with E-state index in [0.717, 1.165) is 10.5 Å². The quantitative estimate of drug-likeness (QED) is 0.527. The van der Waals surface area contributed by atoms with Crippen LogP contribution in [0.2, 0.25) is 0 Å². The average molecular weight is 205 g/mol. The van der Waals surface area contributed by atoms with Crippen molar-refractivity contribution in [3.8, 4) is 11.8 Å². The predicted octanol–water partition coefficient (Wildman–Crippen LogP) is 1.46. The predicted molar refractivity (Wildman–Crippen MR) is 59.3 cm³/mol. The van der Waals surface area contributed by atoms with Crippen LogP contribution in [0, 0.1) is 11.8 Å². The van der Waals surface area contributed by atoms with Crippen molar-refractivity contribution in [1.29, 1.82) is 0 Å². The molecule has 0 spiro atoms. The van der Waals surface area contributed by atoms with Crippen LogP contribution < -0.4 is 5.32 Å². The zero-order chi connectivity index (χ0) is 10.4. The molecule has 0 radical (unpaired) electrons. The Balaban J connectivity index is 2.59. The largest absolute Gasteiger partial charge is 0.345 e. The highest BCUT2D eigenvalue weighted by Crippen LogP contribution is 2.10. The SMILES string of the molecule is CC(=O)NCC#Cc1ccccc1S. The normalized spacial score (nSPS) is 8.71. The lowest BCUT2D eigenvalue weighted by molar-refractivity contribution is -0.118. The van der Waals surface area contributed by atoms with E-state index in [0.29, 0.717) is 6.54 Å². The molecule has 0 heterocycles. The Hall–Kier alpha value is -1.40. The monoisotopic (exact) mass is 205 g/mol. The van der Waals surface area contributed by atoms with Crippen LogP contribution >= 0.6 is 12.6 Å². The van der Waals surface area contributed by atoms with Crippen LogP contribution in [-0.4, -0.2) is 12.5 Å². The van der Waals surface area contributed by atoms with E-state index in [4.69, 9.17) is 0 Å². The third-order valence-electron chi connectivity index (χ3n) is 1.55. The molecule has 0 aliphatic carbocycles. The van der Waals surface area contributed by atoms with Gasteiger partial charge in [-0.1, -0.05) is 24.0 Å². The van der Waals surface area contributed by atoms with E-state index in [2.05, 4.69) is 29.8 Å². The molecule has 0 bridgehead atoms. The molecule has 72 valence electrons. The Labute approximate surface area is 89.1 Å². The molecular formula is C11H11NOS. The summed E-state index contributed by atoms with van der Waals surface area (Å²) in [4.78, 5) is 11.4. The lowest BCUT2D eigenvalue weighted by Crippen LogP contribution is -2.19. The summed E-state index contributed by atoms with van der Waals surface area (Å²) in [6.45, 7) is 1.84. The van der Waals surface area contributed by atoms with Gasteiger partial charge in [-0.05, 0) is 12.1 Å². The molecule has 1 N–H and O–H groups in total. The topological polar surface area (TPSA) is 29.1 Å². The first-order valence-corrected chi connectivity index (χ1v) is 4.66. The highest BCUT2D eigenvalue weighted by atomic mass is 32.1. The summed E-state index contributed by atoms with van der Waals surface area (Å²) in [5.74, 6) is 5.70. The van der Waals surface area contributed by atoms with Gasteiger partial charge in [0.15, 0.2) is 0 Å². The summed E-state index contributed by atoms with van der Waals surface area (Å²) in [6, 6.07) is 7.58. The molecule has 0 aliphatic heterocycles. The minimum absolute atomic E-state index is 0.0709. The number of hydrogen-bond acceptors (Lipinski definition) is 2. The standard InChI is InChI=1S/C11H11NOS/c1-9(13)12-8-4-6-10-5-2-3-7-11(10)14/h2-3,5,7,14H,8H2,1H3,(H,12,13). The number of hydrogen-bond donors (Lipinski definition) is 2. The number of amides is 1. The van der Waals surface area contributed by atoms with Gasteiger partial charge in [0.05, 0.1) is 6.54 Å². The molecule has 14 heavy (non-hydrogen) atoms. The Kier molecular flexibility index (Phi) is 4.09. The van der Waals surface area contributed by atoms with E-state index in [1.54, 1.807) is 0 Å². The lowest BCUT2D eigenvalue weighted by Gasteiger charge is -1.94. The van der Waals surface area contributed by atoms with Gasteiger partial charge >= 0.3 is 0 Å². The van der Waals surface area contributed by atoms with Crippen LogP contribution in [0.3, 0.4) is 0 Å². The van der Waals surface area contributed by atoms with Gasteiger partial charge in [-0.15, -0.1) is 12.6 Å². The first kappa shape index (κ1) is 10.7. The van der Waals surface area contributed by atoms with Crippen molar-refractivity contribution in [2.75, 3.05) is 6.54 Å². The Morgan fingerprint density at radius 2 is 2.21 bits per heavy atom. The maximum atomic E-state index is 10.5. The number of thiol groups is 1. The van der Waals surface area contributed by atoms with Crippen LogP contribution in [0.5, 0.6) is 0 Å². The van der Waals surface area contributed by atoms with Gasteiger partial charge in [-0.25, -0.2) is 0 Å². The van der Waals surface area contributed by atoms with E-state index in [1.807, 2.05) is 24.3 Å². The molecule has 0 fully saturated rings. The summed E-state index contributed by atoms with van der Waals surface area (Å²) in [5, 5.41) is 2.60. The molecular weight excluding hydrogens is 194 g/mol. The fourth-order valence-electron chi connectivity index (χ4n) is 0.887. The van der Waals surface area contributed by atoms with Crippen LogP contribution in [0.25, 0.3) is 0 Å². The third-order valence-corrected chi connectivity index (χ3v) is 1.94. The van der Waals surface area contributed by atoms with Crippen LogP contribution in [0.1, 0.15) is 12.5 Å². The van der Waals surface area contributed by atoms with Crippen molar-refractivity contribution in [2.24, 2.45) is 0 Å². The molecule has 1 rings (SSSR count). The molecule has 0 atom stereocenters. The molecule has 0 saturated heterocycles. The minimum atomic E-state index is -0.0709. The molecule has 0 unspecified atom stereocenters. The lowest BCUT2D eigenvalue weighted by atomic mass is 10.2. The molecule has 0 aromatic heterocycles. The van der Waals surface area contributed by atoms with Crippen molar-refractivity contribution in [2.45, 2.75) is 11.8 Å². The molecule has 0 aliphatic rings. The third kappa shape index (κ3) is 3.55. The molecule has 3 heteroatoms. The van der Waals surface area contributed by atoms with Crippen molar-refractivity contribution >= 4 is 18.5 Å². The Morgan fingerprint density at radius 3 is 2.86 bits per heavy atom. The Bertz CT molecular complexity index is 390. The Morgan fingerprint density at radius 1 is 1.50 bits per heavy atom. The summed E-state index contributed by atoms with van der Waals surface area (Å²) >= 11 is 4.25. The van der Waals surface area contributed by atoms with Gasteiger partial charge in [-0.2, -0.15) is 0 Å². The molecule has 0 saturated carbocycles. The molecule has 1 aromatic carbocycles. The van der Waals surface area contributed by atoms with Crippen molar-refractivity contribution in [3.05, 3.63) is 29.8 Å². The first-order valence-electron chi connectivity index (χ1n) is 4.21. The summed E-state index contributed by atoms with van der Waals surface area (Å²) in [6.07, 6.45) is 0. The number of benzene rings is 1. The molecule has 1 aromatic rings. The van der Waals surface area contributed by atoms with Crippen LogP contribution in [0.4, 0.5) is 0 Å².